The lowest BCUT2D eigenvalue weighted by atomic mass is 9.97. The van der Waals surface area contributed by atoms with Crippen LogP contribution in [0.3, 0.4) is 0 Å². The van der Waals surface area contributed by atoms with Gasteiger partial charge in [0.05, 0.1) is 12.6 Å². The second kappa shape index (κ2) is 9.76. The Hall–Kier alpha value is -2.30. The summed E-state index contributed by atoms with van der Waals surface area (Å²) < 4.78 is 6.54. The Bertz CT molecular complexity index is 909. The predicted molar refractivity (Wildman–Crippen MR) is 119 cm³/mol. The van der Waals surface area contributed by atoms with Gasteiger partial charge in [0.2, 0.25) is 0 Å². The first-order valence-corrected chi connectivity index (χ1v) is 10.3. The van der Waals surface area contributed by atoms with Crippen molar-refractivity contribution in [1.29, 1.82) is 0 Å². The maximum atomic E-state index is 12.8. The van der Waals surface area contributed by atoms with Crippen molar-refractivity contribution in [2.45, 2.75) is 19.4 Å². The molecule has 1 N–H and O–H groups in total. The number of Topliss-reactive ketones (excluding diaryl/α,β-unsaturated/α-hetero) is 1. The van der Waals surface area contributed by atoms with Gasteiger partial charge in [0, 0.05) is 27.2 Å². The van der Waals surface area contributed by atoms with Gasteiger partial charge in [-0.15, -0.1) is 0 Å². The van der Waals surface area contributed by atoms with Crippen molar-refractivity contribution in [2.24, 2.45) is 0 Å². The van der Waals surface area contributed by atoms with Crippen LogP contribution in [0.4, 0.5) is 5.69 Å². The summed E-state index contributed by atoms with van der Waals surface area (Å²) in [6.45, 7) is 2.57. The molecule has 0 heterocycles. The number of nitrogens with one attached hydrogen (secondary N) is 1. The Morgan fingerprint density at radius 3 is 2.25 bits per heavy atom. The van der Waals surface area contributed by atoms with Crippen molar-refractivity contribution >= 4 is 39.0 Å². The molecule has 0 aromatic heterocycles. The minimum absolute atomic E-state index is 0.0557. The molecule has 0 aliphatic heterocycles. The number of carbonyl (C=O) groups excluding carboxylic acids is 1. The fourth-order valence-corrected chi connectivity index (χ4v) is 3.29. The Labute approximate surface area is 178 Å². The topological polar surface area (TPSA) is 38.3 Å². The smallest absolute Gasteiger partial charge is 0.165 e. The Balaban J connectivity index is 1.83. The first-order chi connectivity index (χ1) is 13.5. The minimum Gasteiger partial charge on any atom is -0.494 e. The molecule has 3 nitrogen and oxygen atoms in total. The van der Waals surface area contributed by atoms with E-state index in [2.05, 4.69) is 21.2 Å². The maximum Gasteiger partial charge on any atom is 0.165 e. The van der Waals surface area contributed by atoms with Gasteiger partial charge in [0.1, 0.15) is 5.75 Å². The molecule has 0 saturated heterocycles. The van der Waals surface area contributed by atoms with Crippen LogP contribution >= 0.6 is 27.5 Å². The molecule has 0 radical (unpaired) electrons. The van der Waals surface area contributed by atoms with Crippen LogP contribution in [-0.4, -0.2) is 12.4 Å². The summed E-state index contributed by atoms with van der Waals surface area (Å²) in [4.78, 5) is 12.8. The molecule has 0 bridgehead atoms. The van der Waals surface area contributed by atoms with Crippen LogP contribution in [0.5, 0.6) is 5.75 Å². The number of halogens is 2. The molecule has 3 aromatic carbocycles. The Kier molecular flexibility index (Phi) is 7.12. The molecule has 144 valence electrons. The fourth-order valence-electron chi connectivity index (χ4n) is 2.90. The Morgan fingerprint density at radius 2 is 1.64 bits per heavy atom. The van der Waals surface area contributed by atoms with Crippen molar-refractivity contribution < 1.29 is 9.53 Å². The van der Waals surface area contributed by atoms with Crippen LogP contribution in [0.25, 0.3) is 0 Å². The summed E-state index contributed by atoms with van der Waals surface area (Å²) in [5, 5.41) is 4.10. The van der Waals surface area contributed by atoms with Crippen molar-refractivity contribution in [3.05, 3.63) is 93.4 Å². The number of ketones is 1. The van der Waals surface area contributed by atoms with E-state index in [0.717, 1.165) is 21.5 Å². The van der Waals surface area contributed by atoms with Gasteiger partial charge in [0.25, 0.3) is 0 Å². The third-order valence-electron chi connectivity index (χ3n) is 4.33. The summed E-state index contributed by atoms with van der Waals surface area (Å²) in [5.41, 5.74) is 2.62. The van der Waals surface area contributed by atoms with Gasteiger partial charge in [-0.2, -0.15) is 0 Å². The van der Waals surface area contributed by atoms with E-state index in [1.165, 1.54) is 0 Å². The normalized spacial score (nSPS) is 11.7. The largest absolute Gasteiger partial charge is 0.494 e. The third kappa shape index (κ3) is 5.60. The highest BCUT2D eigenvalue weighted by Gasteiger charge is 2.18. The van der Waals surface area contributed by atoms with Gasteiger partial charge >= 0.3 is 0 Å². The lowest BCUT2D eigenvalue weighted by molar-refractivity contribution is 0.0976. The molecule has 0 saturated carbocycles. The molecule has 28 heavy (non-hydrogen) atoms. The van der Waals surface area contributed by atoms with E-state index in [1.54, 1.807) is 24.3 Å². The zero-order valence-corrected chi connectivity index (χ0v) is 17.8. The number of carbonyl (C=O) groups is 1. The number of rotatable bonds is 8. The summed E-state index contributed by atoms with van der Waals surface area (Å²) in [6, 6.07) is 22.6. The number of ether oxygens (including phenoxy) is 1. The van der Waals surface area contributed by atoms with Crippen molar-refractivity contribution in [3.63, 3.8) is 0 Å². The molecule has 0 aliphatic rings. The van der Waals surface area contributed by atoms with E-state index in [-0.39, 0.29) is 11.8 Å². The van der Waals surface area contributed by atoms with E-state index in [0.29, 0.717) is 23.6 Å². The fraction of sp³-hybridized carbons (Fsp3) is 0.174. The molecular formula is C23H21BrClNO2. The van der Waals surface area contributed by atoms with Gasteiger partial charge < -0.3 is 10.1 Å². The molecular weight excluding hydrogens is 438 g/mol. The minimum atomic E-state index is -0.167. The SMILES string of the molecule is CCOc1ccc(C(CC(=O)c2ccc(Cl)cc2)Nc2ccc(Br)cc2)cc1. The van der Waals surface area contributed by atoms with E-state index in [4.69, 9.17) is 16.3 Å². The zero-order chi connectivity index (χ0) is 19.9. The number of hydrogen-bond acceptors (Lipinski definition) is 3. The standard InChI is InChI=1S/C23H21BrClNO2/c1-2-28-21-13-5-16(6-14-21)22(26-20-11-7-18(24)8-12-20)15-23(27)17-3-9-19(25)10-4-17/h3-14,22,26H,2,15H2,1H3. The van der Waals surface area contributed by atoms with Crippen LogP contribution < -0.4 is 10.1 Å². The van der Waals surface area contributed by atoms with Crippen LogP contribution in [0, 0.1) is 0 Å². The first kappa shape index (κ1) is 20.4. The van der Waals surface area contributed by atoms with Crippen molar-refractivity contribution in [3.8, 4) is 5.75 Å². The first-order valence-electron chi connectivity index (χ1n) is 9.09. The molecule has 0 fully saturated rings. The lowest BCUT2D eigenvalue weighted by Crippen LogP contribution is -2.16. The summed E-state index contributed by atoms with van der Waals surface area (Å²) in [7, 11) is 0. The van der Waals surface area contributed by atoms with Gasteiger partial charge in [-0.05, 0) is 73.2 Å². The van der Waals surface area contributed by atoms with Gasteiger partial charge in [-0.3, -0.25) is 4.79 Å². The highest BCUT2D eigenvalue weighted by Crippen LogP contribution is 2.27. The predicted octanol–water partition coefficient (Wildman–Crippen LogP) is 6.93. The van der Waals surface area contributed by atoms with E-state index >= 15 is 0 Å². The van der Waals surface area contributed by atoms with Gasteiger partial charge in [-0.1, -0.05) is 39.7 Å². The second-order valence-electron chi connectivity index (χ2n) is 6.34. The van der Waals surface area contributed by atoms with E-state index < -0.39 is 0 Å². The zero-order valence-electron chi connectivity index (χ0n) is 15.5. The van der Waals surface area contributed by atoms with Crippen molar-refractivity contribution in [2.75, 3.05) is 11.9 Å². The average molecular weight is 459 g/mol. The van der Waals surface area contributed by atoms with Gasteiger partial charge in [-0.25, -0.2) is 0 Å². The average Bonchev–Trinajstić information content (AvgIpc) is 2.70. The summed E-state index contributed by atoms with van der Waals surface area (Å²) in [5.74, 6) is 0.873. The Morgan fingerprint density at radius 1 is 1.00 bits per heavy atom. The molecule has 3 aromatic rings. The third-order valence-corrected chi connectivity index (χ3v) is 5.11. The maximum absolute atomic E-state index is 12.8. The quantitative estimate of drug-likeness (QED) is 0.372. The molecule has 1 unspecified atom stereocenters. The second-order valence-corrected chi connectivity index (χ2v) is 7.69. The molecule has 1 atom stereocenters. The molecule has 5 heteroatoms. The monoisotopic (exact) mass is 457 g/mol. The molecule has 3 rings (SSSR count). The number of anilines is 1. The van der Waals surface area contributed by atoms with Crippen LogP contribution in [0.15, 0.2) is 77.3 Å². The van der Waals surface area contributed by atoms with Crippen LogP contribution in [0.1, 0.15) is 35.3 Å². The highest BCUT2D eigenvalue weighted by molar-refractivity contribution is 9.10. The van der Waals surface area contributed by atoms with E-state index in [1.807, 2.05) is 55.5 Å². The lowest BCUT2D eigenvalue weighted by Gasteiger charge is -2.20. The molecule has 0 amide bonds. The highest BCUT2D eigenvalue weighted by atomic mass is 79.9. The molecule has 0 aliphatic carbocycles. The van der Waals surface area contributed by atoms with Gasteiger partial charge in [0.15, 0.2) is 5.78 Å². The summed E-state index contributed by atoms with van der Waals surface area (Å²) >= 11 is 9.39. The van der Waals surface area contributed by atoms with E-state index in [9.17, 15) is 4.79 Å². The van der Waals surface area contributed by atoms with Crippen LogP contribution in [0.2, 0.25) is 5.02 Å². The number of benzene rings is 3. The number of hydrogen-bond donors (Lipinski definition) is 1. The van der Waals surface area contributed by atoms with Crippen molar-refractivity contribution in [1.82, 2.24) is 0 Å². The molecule has 0 spiro atoms. The van der Waals surface area contributed by atoms with Crippen LogP contribution in [-0.2, 0) is 0 Å². The summed E-state index contributed by atoms with van der Waals surface area (Å²) in [6.07, 6.45) is 0.325.